The van der Waals surface area contributed by atoms with Gasteiger partial charge in [0.25, 0.3) is 0 Å². The van der Waals surface area contributed by atoms with E-state index in [1.807, 2.05) is 11.3 Å². The van der Waals surface area contributed by atoms with Gasteiger partial charge in [0.15, 0.2) is 11.1 Å². The van der Waals surface area contributed by atoms with Gasteiger partial charge >= 0.3 is 0 Å². The Balaban J connectivity index is 1.50. The Morgan fingerprint density at radius 2 is 2.15 bits per heavy atom. The average Bonchev–Trinajstić information content (AvgIpc) is 3.41. The fourth-order valence-electron chi connectivity index (χ4n) is 3.05. The maximum Gasteiger partial charge on any atom is 0.193 e. The summed E-state index contributed by atoms with van der Waals surface area (Å²) in [4.78, 5) is 15.6. The fraction of sp³-hybridized carbons (Fsp3) is 0.579. The van der Waals surface area contributed by atoms with Crippen LogP contribution in [0.15, 0.2) is 27.9 Å². The van der Waals surface area contributed by atoms with Gasteiger partial charge in [0, 0.05) is 56.4 Å². The van der Waals surface area contributed by atoms with Crippen molar-refractivity contribution in [3.8, 4) is 0 Å². The average molecular weight is 392 g/mol. The van der Waals surface area contributed by atoms with E-state index in [2.05, 4.69) is 52.0 Å². The van der Waals surface area contributed by atoms with Gasteiger partial charge in [0.2, 0.25) is 0 Å². The molecule has 0 radical (unpaired) electrons. The van der Waals surface area contributed by atoms with Crippen LogP contribution in [0.5, 0.6) is 0 Å². The summed E-state index contributed by atoms with van der Waals surface area (Å²) >= 11 is 3.59. The third kappa shape index (κ3) is 5.45. The smallest absolute Gasteiger partial charge is 0.193 e. The molecule has 5 nitrogen and oxygen atoms in total. The molecule has 1 aliphatic rings. The van der Waals surface area contributed by atoms with Crippen LogP contribution in [0.4, 0.5) is 5.13 Å². The van der Waals surface area contributed by atoms with E-state index in [0.29, 0.717) is 0 Å². The molecule has 0 unspecified atom stereocenters. The minimum Gasteiger partial charge on any atom is -0.357 e. The number of rotatable bonds is 8. The van der Waals surface area contributed by atoms with Gasteiger partial charge < -0.3 is 15.1 Å². The quantitative estimate of drug-likeness (QED) is 0.553. The second kappa shape index (κ2) is 9.92. The Labute approximate surface area is 164 Å². The lowest BCUT2D eigenvalue weighted by Crippen LogP contribution is -2.40. The van der Waals surface area contributed by atoms with Gasteiger partial charge in [-0.05, 0) is 37.6 Å². The molecule has 0 atom stereocenters. The zero-order valence-corrected chi connectivity index (χ0v) is 17.4. The predicted molar refractivity (Wildman–Crippen MR) is 114 cm³/mol. The number of thiophene rings is 1. The van der Waals surface area contributed by atoms with E-state index >= 15 is 0 Å². The zero-order chi connectivity index (χ0) is 18.2. The molecule has 1 fully saturated rings. The lowest BCUT2D eigenvalue weighted by molar-refractivity contribution is 0.487. The highest BCUT2D eigenvalue weighted by Crippen LogP contribution is 2.24. The van der Waals surface area contributed by atoms with Crippen molar-refractivity contribution >= 4 is 33.8 Å². The molecular formula is C19H29N5S2. The molecule has 0 aliphatic carbocycles. The number of thiazole rings is 1. The third-order valence-corrected chi connectivity index (χ3v) is 6.40. The van der Waals surface area contributed by atoms with Crippen LogP contribution in [0, 0.1) is 0 Å². The van der Waals surface area contributed by atoms with Crippen molar-refractivity contribution in [2.45, 2.75) is 32.6 Å². The fourth-order valence-corrected chi connectivity index (χ4v) is 4.66. The lowest BCUT2D eigenvalue weighted by atomic mass is 10.3. The number of hydrogen-bond donors (Lipinski definition) is 1. The van der Waals surface area contributed by atoms with E-state index in [4.69, 9.17) is 9.98 Å². The van der Waals surface area contributed by atoms with Crippen molar-refractivity contribution < 1.29 is 0 Å². The van der Waals surface area contributed by atoms with Gasteiger partial charge in [-0.3, -0.25) is 4.99 Å². The highest BCUT2D eigenvalue weighted by atomic mass is 32.1. The molecular weight excluding hydrogens is 362 g/mol. The van der Waals surface area contributed by atoms with Crippen molar-refractivity contribution in [2.75, 3.05) is 44.7 Å². The predicted octanol–water partition coefficient (Wildman–Crippen LogP) is 3.49. The zero-order valence-electron chi connectivity index (χ0n) is 15.8. The molecule has 1 N–H and O–H groups in total. The van der Waals surface area contributed by atoms with E-state index in [9.17, 15) is 0 Å². The Morgan fingerprint density at radius 1 is 1.31 bits per heavy atom. The summed E-state index contributed by atoms with van der Waals surface area (Å²) in [5, 5.41) is 8.91. The third-order valence-electron chi connectivity index (χ3n) is 4.52. The second-order valence-corrected chi connectivity index (χ2v) is 8.42. The molecule has 0 aromatic carbocycles. The summed E-state index contributed by atoms with van der Waals surface area (Å²) in [6, 6.07) is 4.31. The number of likely N-dealkylation sites (N-methyl/N-ethyl adjacent to an activating group) is 1. The molecule has 0 amide bonds. The van der Waals surface area contributed by atoms with Crippen LogP contribution < -0.4 is 10.2 Å². The van der Waals surface area contributed by atoms with Gasteiger partial charge in [0.05, 0.1) is 5.69 Å². The number of guanidine groups is 1. The molecule has 2 aromatic heterocycles. The van der Waals surface area contributed by atoms with Crippen LogP contribution in [0.2, 0.25) is 0 Å². The molecule has 7 heteroatoms. The molecule has 2 aromatic rings. The number of hydrogen-bond acceptors (Lipinski definition) is 5. The first-order valence-corrected chi connectivity index (χ1v) is 11.2. The van der Waals surface area contributed by atoms with Crippen molar-refractivity contribution in [3.63, 3.8) is 0 Å². The molecule has 142 valence electrons. The van der Waals surface area contributed by atoms with E-state index < -0.39 is 0 Å². The van der Waals surface area contributed by atoms with Crippen LogP contribution in [0.3, 0.4) is 0 Å². The molecule has 26 heavy (non-hydrogen) atoms. The minimum atomic E-state index is 0.773. The summed E-state index contributed by atoms with van der Waals surface area (Å²) in [5.41, 5.74) is 1.16. The number of aromatic nitrogens is 1. The first kappa shape index (κ1) is 19.2. The minimum absolute atomic E-state index is 0.773. The number of aliphatic imine (C=N–C) groups is 1. The summed E-state index contributed by atoms with van der Waals surface area (Å²) in [7, 11) is 2.11. The maximum atomic E-state index is 4.80. The highest BCUT2D eigenvalue weighted by Gasteiger charge is 2.15. The van der Waals surface area contributed by atoms with Crippen LogP contribution in [-0.2, 0) is 12.8 Å². The van der Waals surface area contributed by atoms with Crippen molar-refractivity contribution in [1.82, 2.24) is 15.2 Å². The van der Waals surface area contributed by atoms with Crippen LogP contribution in [0.25, 0.3) is 0 Å². The summed E-state index contributed by atoms with van der Waals surface area (Å²) in [6.07, 6.45) is 4.55. The number of nitrogens with zero attached hydrogens (tertiary/aromatic N) is 4. The Bertz CT molecular complexity index is 674. The van der Waals surface area contributed by atoms with Crippen molar-refractivity contribution in [2.24, 2.45) is 4.99 Å². The van der Waals surface area contributed by atoms with Crippen LogP contribution >= 0.6 is 22.7 Å². The van der Waals surface area contributed by atoms with Crippen molar-refractivity contribution in [1.29, 1.82) is 0 Å². The summed E-state index contributed by atoms with van der Waals surface area (Å²) in [6.45, 7) is 7.07. The molecule has 0 saturated carbocycles. The lowest BCUT2D eigenvalue weighted by Gasteiger charge is -2.21. The largest absolute Gasteiger partial charge is 0.357 e. The van der Waals surface area contributed by atoms with E-state index in [-0.39, 0.29) is 0 Å². The second-order valence-electron chi connectivity index (χ2n) is 6.55. The molecule has 3 heterocycles. The number of anilines is 1. The first-order valence-electron chi connectivity index (χ1n) is 9.47. The topological polar surface area (TPSA) is 43.8 Å². The Morgan fingerprint density at radius 3 is 2.88 bits per heavy atom. The van der Waals surface area contributed by atoms with Gasteiger partial charge in [-0.15, -0.1) is 22.7 Å². The highest BCUT2D eigenvalue weighted by molar-refractivity contribution is 7.13. The molecule has 0 spiro atoms. The first-order chi connectivity index (χ1) is 12.8. The van der Waals surface area contributed by atoms with E-state index in [1.165, 1.54) is 22.9 Å². The van der Waals surface area contributed by atoms with Crippen molar-refractivity contribution in [3.05, 3.63) is 33.5 Å². The van der Waals surface area contributed by atoms with Gasteiger partial charge in [-0.1, -0.05) is 6.07 Å². The molecule has 3 rings (SSSR count). The Kier molecular flexibility index (Phi) is 7.32. The van der Waals surface area contributed by atoms with E-state index in [0.717, 1.165) is 57.2 Å². The summed E-state index contributed by atoms with van der Waals surface area (Å²) in [5.74, 6) is 0.985. The monoisotopic (exact) mass is 391 g/mol. The molecule has 1 saturated heterocycles. The standard InChI is InChI=1S/C19H29N5S2/c1-3-20-18(23(2)13-9-17-7-6-14-25-17)21-10-8-16-15-26-19(22-16)24-11-4-5-12-24/h6-7,14-15H,3-5,8-13H2,1-2H3,(H,20,21). The summed E-state index contributed by atoms with van der Waals surface area (Å²) < 4.78 is 0. The van der Waals surface area contributed by atoms with Crippen LogP contribution in [-0.4, -0.2) is 55.6 Å². The van der Waals surface area contributed by atoms with Gasteiger partial charge in [0.1, 0.15) is 0 Å². The number of nitrogens with one attached hydrogen (secondary N) is 1. The van der Waals surface area contributed by atoms with Gasteiger partial charge in [-0.2, -0.15) is 0 Å². The maximum absolute atomic E-state index is 4.80. The molecule has 0 bridgehead atoms. The van der Waals surface area contributed by atoms with E-state index in [1.54, 1.807) is 11.3 Å². The Hall–Kier alpha value is -1.60. The molecule has 1 aliphatic heterocycles. The normalized spacial score (nSPS) is 14.8. The van der Waals surface area contributed by atoms with Crippen LogP contribution in [0.1, 0.15) is 30.3 Å². The van der Waals surface area contributed by atoms with Gasteiger partial charge in [-0.25, -0.2) is 4.98 Å². The SMILES string of the molecule is CCNC(=NCCc1csc(N2CCCC2)n1)N(C)CCc1cccs1.